The molecule has 1 saturated carbocycles. The van der Waals surface area contributed by atoms with Crippen LogP contribution in [0.3, 0.4) is 0 Å². The molecule has 2 fully saturated rings. The van der Waals surface area contributed by atoms with E-state index in [1.807, 2.05) is 0 Å². The molecule has 1 aliphatic heterocycles. The number of aromatic nitrogens is 3. The highest BCUT2D eigenvalue weighted by Gasteiger charge is 2.55. The molecule has 0 spiro atoms. The van der Waals surface area contributed by atoms with Crippen molar-refractivity contribution >= 4 is 21.6 Å². The van der Waals surface area contributed by atoms with Gasteiger partial charge in [0.2, 0.25) is 5.95 Å². The highest BCUT2D eigenvalue weighted by atomic mass is 32.2. The van der Waals surface area contributed by atoms with Gasteiger partial charge in [-0.2, -0.15) is 13.2 Å². The van der Waals surface area contributed by atoms with Gasteiger partial charge in [0.05, 0.1) is 30.2 Å². The third kappa shape index (κ3) is 4.13. The number of nitrogens with zero attached hydrogens (tertiary/aromatic N) is 5. The highest BCUT2D eigenvalue weighted by Crippen LogP contribution is 2.52. The van der Waals surface area contributed by atoms with Gasteiger partial charge in [0, 0.05) is 45.2 Å². The SMILES string of the molecule is CN(C)c1cc(C(F)(F)F)c(-c2cc(C3(S(C)(=O)=O)CC3)nc(N3CCOCC3)n2)cn1. The topological polar surface area (TPSA) is 88.5 Å². The highest BCUT2D eigenvalue weighted by molar-refractivity contribution is 7.91. The van der Waals surface area contributed by atoms with E-state index in [-0.39, 0.29) is 28.7 Å². The fourth-order valence-electron chi connectivity index (χ4n) is 3.77. The van der Waals surface area contributed by atoms with Crippen molar-refractivity contribution in [2.75, 3.05) is 56.5 Å². The summed E-state index contributed by atoms with van der Waals surface area (Å²) in [4.78, 5) is 16.3. The maximum absolute atomic E-state index is 14.0. The van der Waals surface area contributed by atoms with Crippen molar-refractivity contribution in [3.8, 4) is 11.3 Å². The van der Waals surface area contributed by atoms with E-state index in [1.54, 1.807) is 19.0 Å². The zero-order valence-corrected chi connectivity index (χ0v) is 18.8. The van der Waals surface area contributed by atoms with Crippen LogP contribution in [-0.4, -0.2) is 70.0 Å². The molecule has 174 valence electrons. The van der Waals surface area contributed by atoms with Gasteiger partial charge in [-0.1, -0.05) is 0 Å². The average Bonchev–Trinajstić information content (AvgIpc) is 3.55. The number of hydrogen-bond donors (Lipinski definition) is 0. The number of rotatable bonds is 5. The quantitative estimate of drug-likeness (QED) is 0.657. The van der Waals surface area contributed by atoms with Crippen LogP contribution in [0.15, 0.2) is 18.3 Å². The molecule has 2 aromatic rings. The second kappa shape index (κ2) is 7.84. The number of alkyl halides is 3. The van der Waals surface area contributed by atoms with Gasteiger partial charge in [-0.05, 0) is 25.0 Å². The Labute approximate surface area is 184 Å². The molecule has 4 rings (SSSR count). The van der Waals surface area contributed by atoms with E-state index >= 15 is 0 Å². The summed E-state index contributed by atoms with van der Waals surface area (Å²) < 4.78 is 71.0. The van der Waals surface area contributed by atoms with Crippen LogP contribution >= 0.6 is 0 Å². The molecule has 12 heteroatoms. The Morgan fingerprint density at radius 2 is 1.78 bits per heavy atom. The molecule has 0 radical (unpaired) electrons. The first kappa shape index (κ1) is 22.7. The van der Waals surface area contributed by atoms with Gasteiger partial charge in [-0.3, -0.25) is 0 Å². The summed E-state index contributed by atoms with van der Waals surface area (Å²) in [6.07, 6.45) is -1.65. The molecular weight excluding hydrogens is 447 g/mol. The Morgan fingerprint density at radius 1 is 1.12 bits per heavy atom. The molecular formula is C20H24F3N5O3S. The summed E-state index contributed by atoms with van der Waals surface area (Å²) >= 11 is 0. The third-order valence-corrected chi connectivity index (χ3v) is 7.85. The maximum atomic E-state index is 14.0. The van der Waals surface area contributed by atoms with Crippen LogP contribution in [0.1, 0.15) is 24.1 Å². The summed E-state index contributed by atoms with van der Waals surface area (Å²) in [7, 11) is -0.322. The zero-order chi connectivity index (χ0) is 23.3. The minimum absolute atomic E-state index is 0.00320. The van der Waals surface area contributed by atoms with Gasteiger partial charge in [0.25, 0.3) is 0 Å². The Balaban J connectivity index is 1.92. The van der Waals surface area contributed by atoms with Crippen LogP contribution in [0.4, 0.5) is 24.9 Å². The van der Waals surface area contributed by atoms with Gasteiger partial charge in [0.1, 0.15) is 10.6 Å². The monoisotopic (exact) mass is 471 g/mol. The summed E-state index contributed by atoms with van der Waals surface area (Å²) in [5, 5.41) is 0. The van der Waals surface area contributed by atoms with E-state index in [1.165, 1.54) is 11.0 Å². The van der Waals surface area contributed by atoms with E-state index < -0.39 is 26.3 Å². The van der Waals surface area contributed by atoms with Crippen molar-refractivity contribution in [1.29, 1.82) is 0 Å². The van der Waals surface area contributed by atoms with E-state index in [0.29, 0.717) is 39.1 Å². The molecule has 0 aromatic carbocycles. The summed E-state index contributed by atoms with van der Waals surface area (Å²) in [5.74, 6) is 0.346. The number of anilines is 2. The van der Waals surface area contributed by atoms with Crippen LogP contribution in [0.25, 0.3) is 11.3 Å². The number of halogens is 3. The van der Waals surface area contributed by atoms with Crippen molar-refractivity contribution in [3.05, 3.63) is 29.6 Å². The van der Waals surface area contributed by atoms with Crippen LogP contribution in [0, 0.1) is 0 Å². The molecule has 3 heterocycles. The summed E-state index contributed by atoms with van der Waals surface area (Å²) in [6, 6.07) is 2.33. The lowest BCUT2D eigenvalue weighted by molar-refractivity contribution is -0.137. The fourth-order valence-corrected chi connectivity index (χ4v) is 5.10. The van der Waals surface area contributed by atoms with Crippen molar-refractivity contribution in [2.24, 2.45) is 0 Å². The number of sulfone groups is 1. The van der Waals surface area contributed by atoms with Gasteiger partial charge in [-0.25, -0.2) is 23.4 Å². The van der Waals surface area contributed by atoms with Gasteiger partial charge >= 0.3 is 6.18 Å². The van der Waals surface area contributed by atoms with Gasteiger partial charge in [0.15, 0.2) is 9.84 Å². The molecule has 2 aliphatic rings. The van der Waals surface area contributed by atoms with Crippen LogP contribution in [0.2, 0.25) is 0 Å². The van der Waals surface area contributed by atoms with Crippen molar-refractivity contribution in [3.63, 3.8) is 0 Å². The molecule has 8 nitrogen and oxygen atoms in total. The smallest absolute Gasteiger partial charge is 0.378 e. The molecule has 0 bridgehead atoms. The number of hydrogen-bond acceptors (Lipinski definition) is 8. The van der Waals surface area contributed by atoms with Crippen molar-refractivity contribution in [1.82, 2.24) is 15.0 Å². The summed E-state index contributed by atoms with van der Waals surface area (Å²) in [6.45, 7) is 1.76. The fraction of sp³-hybridized carbons (Fsp3) is 0.550. The first-order valence-electron chi connectivity index (χ1n) is 10.1. The normalized spacial score (nSPS) is 18.5. The minimum Gasteiger partial charge on any atom is -0.378 e. The van der Waals surface area contributed by atoms with Crippen LogP contribution in [0.5, 0.6) is 0 Å². The average molecular weight is 472 g/mol. The summed E-state index contributed by atoms with van der Waals surface area (Å²) in [5.41, 5.74) is -0.892. The lowest BCUT2D eigenvalue weighted by Crippen LogP contribution is -2.38. The molecule has 0 unspecified atom stereocenters. The van der Waals surface area contributed by atoms with E-state index in [9.17, 15) is 21.6 Å². The molecule has 32 heavy (non-hydrogen) atoms. The van der Waals surface area contributed by atoms with E-state index in [0.717, 1.165) is 18.5 Å². The molecule has 0 amide bonds. The van der Waals surface area contributed by atoms with Crippen molar-refractivity contribution < 1.29 is 26.3 Å². The lowest BCUT2D eigenvalue weighted by Gasteiger charge is -2.28. The predicted octanol–water partition coefficient (Wildman–Crippen LogP) is 2.49. The maximum Gasteiger partial charge on any atom is 0.417 e. The standard InChI is InChI=1S/C20H24F3N5O3S/c1-27(2)17-10-14(20(21,22)23)13(12-24-17)15-11-16(19(4-5-19)32(3,29)30)26-18(25-15)28-6-8-31-9-7-28/h10-12H,4-9H2,1-3H3. The van der Waals surface area contributed by atoms with Crippen LogP contribution in [-0.2, 0) is 25.5 Å². The first-order chi connectivity index (χ1) is 14.9. The Hall–Kier alpha value is -2.47. The number of pyridine rings is 1. The predicted molar refractivity (Wildman–Crippen MR) is 113 cm³/mol. The Kier molecular flexibility index (Phi) is 5.56. The van der Waals surface area contributed by atoms with Crippen molar-refractivity contribution in [2.45, 2.75) is 23.8 Å². The molecule has 0 atom stereocenters. The van der Waals surface area contributed by atoms with Crippen LogP contribution < -0.4 is 9.80 Å². The molecule has 2 aromatic heterocycles. The zero-order valence-electron chi connectivity index (χ0n) is 18.0. The van der Waals surface area contributed by atoms with E-state index in [4.69, 9.17) is 4.74 Å². The molecule has 1 aliphatic carbocycles. The Bertz CT molecular complexity index is 1130. The van der Waals surface area contributed by atoms with E-state index in [2.05, 4.69) is 15.0 Å². The number of morpholine rings is 1. The lowest BCUT2D eigenvalue weighted by atomic mass is 10.0. The second-order valence-corrected chi connectivity index (χ2v) is 10.6. The number of ether oxygens (including phenoxy) is 1. The Morgan fingerprint density at radius 3 is 2.31 bits per heavy atom. The largest absolute Gasteiger partial charge is 0.417 e. The first-order valence-corrected chi connectivity index (χ1v) is 12.0. The minimum atomic E-state index is -4.65. The second-order valence-electron chi connectivity index (χ2n) is 8.28. The van der Waals surface area contributed by atoms with Gasteiger partial charge < -0.3 is 14.5 Å². The van der Waals surface area contributed by atoms with Gasteiger partial charge in [-0.15, -0.1) is 0 Å². The third-order valence-electron chi connectivity index (χ3n) is 5.82. The molecule has 0 N–H and O–H groups in total. The molecule has 1 saturated heterocycles.